The summed E-state index contributed by atoms with van der Waals surface area (Å²) in [6.45, 7) is 0.308. The number of aliphatic carboxylic acids is 1. The Hall–Kier alpha value is -3.55. The van der Waals surface area contributed by atoms with Crippen LogP contribution in [0, 0.1) is 17.7 Å². The quantitative estimate of drug-likeness (QED) is 0.700. The van der Waals surface area contributed by atoms with E-state index < -0.39 is 41.5 Å². The summed E-state index contributed by atoms with van der Waals surface area (Å²) in [5.74, 6) is -4.27. The zero-order chi connectivity index (χ0) is 24.0. The van der Waals surface area contributed by atoms with Crippen LogP contribution in [0.25, 0.3) is 0 Å². The number of carboxylic acids is 1. The lowest BCUT2D eigenvalue weighted by atomic mass is 9.77. The van der Waals surface area contributed by atoms with Gasteiger partial charge in [0.25, 0.3) is 11.8 Å². The van der Waals surface area contributed by atoms with Gasteiger partial charge in [-0.1, -0.05) is 37.1 Å². The maximum absolute atomic E-state index is 13.7. The third-order valence-corrected chi connectivity index (χ3v) is 7.38. The van der Waals surface area contributed by atoms with Crippen molar-refractivity contribution in [2.45, 2.75) is 38.1 Å². The Morgan fingerprint density at radius 1 is 0.971 bits per heavy atom. The fourth-order valence-electron chi connectivity index (χ4n) is 5.65. The van der Waals surface area contributed by atoms with E-state index in [0.717, 1.165) is 41.0 Å². The van der Waals surface area contributed by atoms with E-state index in [1.165, 1.54) is 6.07 Å². The number of carboxylic acid groups (broad SMARTS) is 1. The second-order valence-corrected chi connectivity index (χ2v) is 9.24. The Bertz CT molecular complexity index is 1200. The molecule has 0 spiro atoms. The highest BCUT2D eigenvalue weighted by molar-refractivity contribution is 6.21. The Balaban J connectivity index is 1.49. The molecular weight excluding hydrogens is 439 g/mol. The molecule has 2 aliphatic heterocycles. The normalized spacial score (nSPS) is 24.1. The van der Waals surface area contributed by atoms with Gasteiger partial charge < -0.3 is 10.0 Å². The van der Waals surface area contributed by atoms with Gasteiger partial charge in [0.05, 0.1) is 35.5 Å². The van der Waals surface area contributed by atoms with Crippen LogP contribution in [0.15, 0.2) is 42.5 Å². The van der Waals surface area contributed by atoms with E-state index in [4.69, 9.17) is 0 Å². The average Bonchev–Trinajstić information content (AvgIpc) is 3.07. The number of benzene rings is 2. The molecule has 34 heavy (non-hydrogen) atoms. The van der Waals surface area contributed by atoms with Crippen LogP contribution in [-0.4, -0.2) is 51.7 Å². The van der Waals surface area contributed by atoms with Crippen LogP contribution < -0.4 is 0 Å². The number of rotatable bonds is 4. The van der Waals surface area contributed by atoms with Crippen LogP contribution in [-0.2, 0) is 16.0 Å². The zero-order valence-electron chi connectivity index (χ0n) is 18.6. The molecule has 0 saturated heterocycles. The first-order valence-corrected chi connectivity index (χ1v) is 11.6. The first-order valence-electron chi connectivity index (χ1n) is 11.6. The number of halogens is 1. The van der Waals surface area contributed by atoms with Gasteiger partial charge in [-0.2, -0.15) is 0 Å². The smallest absolute Gasteiger partial charge is 0.307 e. The molecule has 3 atom stereocenters. The zero-order valence-corrected chi connectivity index (χ0v) is 18.6. The summed E-state index contributed by atoms with van der Waals surface area (Å²) in [4.78, 5) is 54.3. The minimum Gasteiger partial charge on any atom is -0.481 e. The third-order valence-electron chi connectivity index (χ3n) is 7.38. The highest BCUT2D eigenvalue weighted by atomic mass is 19.1. The molecule has 7 nitrogen and oxygen atoms in total. The third kappa shape index (κ3) is 3.67. The summed E-state index contributed by atoms with van der Waals surface area (Å²) >= 11 is 0. The molecule has 1 N–H and O–H groups in total. The molecule has 3 amide bonds. The Morgan fingerprint density at radius 3 is 2.44 bits per heavy atom. The maximum Gasteiger partial charge on any atom is 0.307 e. The summed E-state index contributed by atoms with van der Waals surface area (Å²) in [5.41, 5.74) is 2.03. The molecule has 1 unspecified atom stereocenters. The van der Waals surface area contributed by atoms with E-state index >= 15 is 0 Å². The van der Waals surface area contributed by atoms with Gasteiger partial charge in [-0.15, -0.1) is 0 Å². The molecule has 1 saturated carbocycles. The largest absolute Gasteiger partial charge is 0.481 e. The molecule has 5 rings (SSSR count). The Labute approximate surface area is 196 Å². The van der Waals surface area contributed by atoms with Gasteiger partial charge in [0.1, 0.15) is 5.82 Å². The first kappa shape index (κ1) is 22.3. The number of carbonyl (C=O) groups is 4. The molecular formula is C26H25FN2O5. The van der Waals surface area contributed by atoms with Crippen LogP contribution in [0.4, 0.5) is 4.39 Å². The van der Waals surface area contributed by atoms with Crippen molar-refractivity contribution in [3.63, 3.8) is 0 Å². The minimum atomic E-state index is -0.964. The van der Waals surface area contributed by atoms with Crippen LogP contribution in [0.1, 0.15) is 63.6 Å². The Morgan fingerprint density at radius 2 is 1.68 bits per heavy atom. The van der Waals surface area contributed by atoms with Crippen molar-refractivity contribution in [1.82, 2.24) is 9.80 Å². The lowest BCUT2D eigenvalue weighted by Gasteiger charge is -2.42. The van der Waals surface area contributed by atoms with Crippen LogP contribution in [0.2, 0.25) is 0 Å². The number of carbonyl (C=O) groups excluding carboxylic acids is 3. The number of imide groups is 1. The standard InChI is InChI=1S/C26H25FN2O5/c27-16-9-10-19-21(13-16)25(32)29(24(19)31)14-22-17-6-2-1-5-15(17)11-12-28(22)23(30)18-7-3-4-8-20(18)26(33)34/h1-2,5-6,9-10,13,18,20,22H,3-4,7-8,11-12,14H2,(H,33,34)/t18-,20+,22?/m0/s1. The predicted octanol–water partition coefficient (Wildman–Crippen LogP) is 3.44. The van der Waals surface area contributed by atoms with Crippen LogP contribution >= 0.6 is 0 Å². The van der Waals surface area contributed by atoms with E-state index in [1.54, 1.807) is 4.90 Å². The summed E-state index contributed by atoms with van der Waals surface area (Å²) in [6, 6.07) is 10.5. The predicted molar refractivity (Wildman–Crippen MR) is 119 cm³/mol. The topological polar surface area (TPSA) is 95.0 Å². The number of nitrogens with zero attached hydrogens (tertiary/aromatic N) is 2. The minimum absolute atomic E-state index is 0.0187. The van der Waals surface area contributed by atoms with E-state index in [-0.39, 0.29) is 23.6 Å². The van der Waals surface area contributed by atoms with Crippen LogP contribution in [0.5, 0.6) is 0 Å². The molecule has 0 aromatic heterocycles. The second kappa shape index (κ2) is 8.66. The SMILES string of the molecule is O=C(O)[C@@H]1CCCC[C@@H]1C(=O)N1CCc2ccccc2C1CN1C(=O)c2ccc(F)cc2C1=O. The first-order chi connectivity index (χ1) is 16.4. The van der Waals surface area contributed by atoms with Crippen molar-refractivity contribution < 1.29 is 28.7 Å². The molecule has 1 aliphatic carbocycles. The molecule has 2 aromatic carbocycles. The van der Waals surface area contributed by atoms with Crippen molar-refractivity contribution in [1.29, 1.82) is 0 Å². The van der Waals surface area contributed by atoms with Gasteiger partial charge in [0.15, 0.2) is 0 Å². The summed E-state index contributed by atoms with van der Waals surface area (Å²) in [7, 11) is 0. The molecule has 0 radical (unpaired) electrons. The molecule has 2 heterocycles. The number of amides is 3. The number of fused-ring (bicyclic) bond motifs is 2. The molecule has 176 valence electrons. The lowest BCUT2D eigenvalue weighted by molar-refractivity contribution is -0.153. The molecule has 0 bridgehead atoms. The number of hydrogen-bond acceptors (Lipinski definition) is 4. The van der Waals surface area contributed by atoms with E-state index in [2.05, 4.69) is 0 Å². The number of hydrogen-bond donors (Lipinski definition) is 1. The van der Waals surface area contributed by atoms with Gasteiger partial charge in [-0.05, 0) is 48.6 Å². The van der Waals surface area contributed by atoms with Gasteiger partial charge in [0, 0.05) is 6.54 Å². The second-order valence-electron chi connectivity index (χ2n) is 9.24. The summed E-state index contributed by atoms with van der Waals surface area (Å²) in [5, 5.41) is 9.70. The van der Waals surface area contributed by atoms with Gasteiger partial charge in [0.2, 0.25) is 5.91 Å². The van der Waals surface area contributed by atoms with Crippen molar-refractivity contribution in [2.24, 2.45) is 11.8 Å². The van der Waals surface area contributed by atoms with Crippen molar-refractivity contribution in [3.8, 4) is 0 Å². The van der Waals surface area contributed by atoms with Gasteiger partial charge in [-0.3, -0.25) is 24.1 Å². The van der Waals surface area contributed by atoms with Gasteiger partial charge in [-0.25, -0.2) is 4.39 Å². The molecule has 8 heteroatoms. The van der Waals surface area contributed by atoms with Crippen molar-refractivity contribution in [2.75, 3.05) is 13.1 Å². The molecule has 1 fully saturated rings. The van der Waals surface area contributed by atoms with Gasteiger partial charge >= 0.3 is 5.97 Å². The summed E-state index contributed by atoms with van der Waals surface area (Å²) < 4.78 is 13.7. The fraction of sp³-hybridized carbons (Fsp3) is 0.385. The van der Waals surface area contributed by atoms with Crippen LogP contribution in [0.3, 0.4) is 0 Å². The van der Waals surface area contributed by atoms with Crippen molar-refractivity contribution >= 4 is 23.7 Å². The highest BCUT2D eigenvalue weighted by Crippen LogP contribution is 2.38. The maximum atomic E-state index is 13.7. The van der Waals surface area contributed by atoms with E-state index in [1.807, 2.05) is 24.3 Å². The van der Waals surface area contributed by atoms with E-state index in [9.17, 15) is 28.7 Å². The van der Waals surface area contributed by atoms with E-state index in [0.29, 0.717) is 25.8 Å². The van der Waals surface area contributed by atoms with Crippen molar-refractivity contribution in [3.05, 3.63) is 70.5 Å². The average molecular weight is 464 g/mol. The molecule has 2 aromatic rings. The molecule has 3 aliphatic rings. The monoisotopic (exact) mass is 464 g/mol. The Kier molecular flexibility index (Phi) is 5.67. The fourth-order valence-corrected chi connectivity index (χ4v) is 5.65. The lowest BCUT2D eigenvalue weighted by Crippen LogP contribution is -2.50. The highest BCUT2D eigenvalue weighted by Gasteiger charge is 2.44. The summed E-state index contributed by atoms with van der Waals surface area (Å²) in [6.07, 6.45) is 3.14.